The predicted molar refractivity (Wildman–Crippen MR) is 115 cm³/mol. The fourth-order valence-corrected chi connectivity index (χ4v) is 3.39. The molecule has 2 heterocycles. The number of carbonyl (C=O) groups is 1. The van der Waals surface area contributed by atoms with Crippen molar-refractivity contribution in [2.75, 3.05) is 43.1 Å². The number of hydrazone groups is 1. The van der Waals surface area contributed by atoms with Crippen molar-refractivity contribution in [3.8, 4) is 0 Å². The van der Waals surface area contributed by atoms with Crippen LogP contribution in [0.2, 0.25) is 0 Å². The zero-order valence-electron chi connectivity index (χ0n) is 16.0. The molecule has 1 fully saturated rings. The number of amides is 1. The number of methoxy groups -OCH3 is 1. The van der Waals surface area contributed by atoms with Gasteiger partial charge in [-0.2, -0.15) is 5.10 Å². The van der Waals surface area contributed by atoms with Crippen LogP contribution in [0.5, 0.6) is 0 Å². The highest BCUT2D eigenvalue weighted by molar-refractivity contribution is 7.80. The fourth-order valence-electron chi connectivity index (χ4n) is 3.13. The number of hydrogen-bond donors (Lipinski definition) is 0. The van der Waals surface area contributed by atoms with Crippen LogP contribution in [0.4, 0.5) is 20.6 Å². The van der Waals surface area contributed by atoms with Crippen molar-refractivity contribution < 1.29 is 18.7 Å². The molecule has 1 aromatic carbocycles. The van der Waals surface area contributed by atoms with E-state index in [1.54, 1.807) is 28.4 Å². The molecule has 0 aromatic heterocycles. The molecule has 7 nitrogen and oxygen atoms in total. The zero-order chi connectivity index (χ0) is 21.0. The Morgan fingerprint density at radius 2 is 2.28 bits per heavy atom. The van der Waals surface area contributed by atoms with Gasteiger partial charge in [-0.1, -0.05) is 18.2 Å². The summed E-state index contributed by atoms with van der Waals surface area (Å²) in [4.78, 5) is 15.3. The topological polar surface area (TPSA) is 57.6 Å². The molecule has 29 heavy (non-hydrogen) atoms. The number of cyclic esters (lactones) is 1. The minimum absolute atomic E-state index is 0.310. The van der Waals surface area contributed by atoms with Gasteiger partial charge in [0.2, 0.25) is 0 Å². The highest BCUT2D eigenvalue weighted by Gasteiger charge is 2.33. The number of anilines is 2. The summed E-state index contributed by atoms with van der Waals surface area (Å²) in [7, 11) is 1.51. The van der Waals surface area contributed by atoms with E-state index in [2.05, 4.69) is 11.7 Å². The maximum Gasteiger partial charge on any atom is 0.414 e. The molecule has 0 spiro atoms. The lowest BCUT2D eigenvalue weighted by molar-refractivity contribution is 0.137. The Hall–Kier alpha value is -2.39. The lowest BCUT2D eigenvalue weighted by atomic mass is 10.2. The van der Waals surface area contributed by atoms with Crippen molar-refractivity contribution in [2.24, 2.45) is 5.10 Å². The van der Waals surface area contributed by atoms with Crippen LogP contribution in [-0.2, 0) is 9.47 Å². The SMILES string of the molecule is C=C(Cl)CN1CCN(c2ccc(N3C[C@H](CCC(=S)OC)OC3=O)cc2F)C=N1. The number of hydrogen-bond acceptors (Lipinski definition) is 7. The Kier molecular flexibility index (Phi) is 6.92. The van der Waals surface area contributed by atoms with Gasteiger partial charge in [-0.15, -0.1) is 0 Å². The van der Waals surface area contributed by atoms with Gasteiger partial charge in [0.05, 0.1) is 38.1 Å². The Morgan fingerprint density at radius 1 is 1.48 bits per heavy atom. The molecule has 0 N–H and O–H groups in total. The molecular weight excluding hydrogens is 419 g/mol. The lowest BCUT2D eigenvalue weighted by Crippen LogP contribution is -2.38. The summed E-state index contributed by atoms with van der Waals surface area (Å²) in [5, 5.41) is 6.96. The van der Waals surface area contributed by atoms with Gasteiger partial charge in [-0.05, 0) is 36.8 Å². The Morgan fingerprint density at radius 3 is 2.90 bits per heavy atom. The second kappa shape index (κ2) is 9.41. The minimum atomic E-state index is -0.498. The molecule has 1 saturated heterocycles. The molecule has 2 aliphatic rings. The van der Waals surface area contributed by atoms with Crippen LogP contribution in [0, 0.1) is 5.82 Å². The summed E-state index contributed by atoms with van der Waals surface area (Å²) in [5.74, 6) is -0.444. The monoisotopic (exact) mass is 440 g/mol. The summed E-state index contributed by atoms with van der Waals surface area (Å²) >= 11 is 10.8. The van der Waals surface area contributed by atoms with Crippen molar-refractivity contribution in [1.29, 1.82) is 0 Å². The summed E-state index contributed by atoms with van der Waals surface area (Å²) < 4.78 is 25.1. The zero-order valence-corrected chi connectivity index (χ0v) is 17.6. The standard InChI is InChI=1S/C19H22ClFN4O3S/c1-13(20)10-24-8-7-23(12-22-24)17-5-3-14(9-16(17)21)25-11-15(28-19(25)26)4-6-18(29)27-2/h3,5,9,12,15H,1,4,6-8,10-11H2,2H3/t15-/m0/s1. The third-order valence-electron chi connectivity index (χ3n) is 4.63. The van der Waals surface area contributed by atoms with Crippen LogP contribution in [0.1, 0.15) is 12.8 Å². The predicted octanol–water partition coefficient (Wildman–Crippen LogP) is 3.72. The van der Waals surface area contributed by atoms with Gasteiger partial charge >= 0.3 is 6.09 Å². The van der Waals surface area contributed by atoms with Gasteiger partial charge in [0.25, 0.3) is 0 Å². The van der Waals surface area contributed by atoms with Gasteiger partial charge in [0.1, 0.15) is 18.3 Å². The Bertz CT molecular complexity index is 838. The van der Waals surface area contributed by atoms with Crippen molar-refractivity contribution in [1.82, 2.24) is 5.01 Å². The molecule has 0 saturated carbocycles. The third kappa shape index (κ3) is 5.36. The number of halogens is 2. The van der Waals surface area contributed by atoms with Gasteiger partial charge in [-0.25, -0.2) is 9.18 Å². The minimum Gasteiger partial charge on any atom is -0.490 e. The molecule has 0 unspecified atom stereocenters. The number of benzene rings is 1. The van der Waals surface area contributed by atoms with E-state index in [0.29, 0.717) is 60.5 Å². The lowest BCUT2D eigenvalue weighted by Gasteiger charge is -2.30. The molecule has 3 rings (SSSR count). The molecule has 1 atom stereocenters. The first-order valence-electron chi connectivity index (χ1n) is 9.11. The van der Waals surface area contributed by atoms with Crippen molar-refractivity contribution in [3.63, 3.8) is 0 Å². The number of ether oxygens (including phenoxy) is 2. The van der Waals surface area contributed by atoms with Crippen molar-refractivity contribution in [2.45, 2.75) is 18.9 Å². The first-order valence-corrected chi connectivity index (χ1v) is 9.89. The van der Waals surface area contributed by atoms with E-state index in [9.17, 15) is 9.18 Å². The van der Waals surface area contributed by atoms with Crippen LogP contribution in [0.25, 0.3) is 0 Å². The second-order valence-electron chi connectivity index (χ2n) is 6.70. The number of nitrogens with zero attached hydrogens (tertiary/aromatic N) is 4. The molecule has 1 aromatic rings. The maximum absolute atomic E-state index is 14.8. The molecule has 0 bridgehead atoms. The quantitative estimate of drug-likeness (QED) is 0.602. The summed E-state index contributed by atoms with van der Waals surface area (Å²) in [6.07, 6.45) is 1.83. The first-order chi connectivity index (χ1) is 13.9. The van der Waals surface area contributed by atoms with E-state index in [0.717, 1.165) is 0 Å². The molecule has 156 valence electrons. The summed E-state index contributed by atoms with van der Waals surface area (Å²) in [6, 6.07) is 4.66. The van der Waals surface area contributed by atoms with Gasteiger partial charge < -0.3 is 14.4 Å². The Balaban J connectivity index is 1.65. The highest BCUT2D eigenvalue weighted by atomic mass is 35.5. The molecule has 0 aliphatic carbocycles. The molecular formula is C19H22ClFN4O3S. The van der Waals surface area contributed by atoms with E-state index < -0.39 is 11.9 Å². The number of thiocarbonyl (C=S) groups is 1. The molecule has 1 amide bonds. The van der Waals surface area contributed by atoms with E-state index in [4.69, 9.17) is 33.3 Å². The van der Waals surface area contributed by atoms with E-state index in [1.807, 2.05) is 0 Å². The van der Waals surface area contributed by atoms with Gasteiger partial charge in [0, 0.05) is 18.0 Å². The molecule has 10 heteroatoms. The largest absolute Gasteiger partial charge is 0.490 e. The van der Waals surface area contributed by atoms with Crippen molar-refractivity contribution in [3.05, 3.63) is 35.6 Å². The summed E-state index contributed by atoms with van der Waals surface area (Å²) in [5.41, 5.74) is 0.832. The number of carbonyl (C=O) groups excluding carboxylic acids is 1. The smallest absolute Gasteiger partial charge is 0.414 e. The Labute approximate surface area is 179 Å². The van der Waals surface area contributed by atoms with Crippen LogP contribution in [-0.4, -0.2) is 61.9 Å². The highest BCUT2D eigenvalue weighted by Crippen LogP contribution is 2.29. The normalized spacial score (nSPS) is 18.8. The average Bonchev–Trinajstić information content (AvgIpc) is 3.07. The maximum atomic E-state index is 14.8. The average molecular weight is 441 g/mol. The van der Waals surface area contributed by atoms with Gasteiger partial charge in [0.15, 0.2) is 5.05 Å². The van der Waals surface area contributed by atoms with E-state index >= 15 is 0 Å². The van der Waals surface area contributed by atoms with E-state index in [1.165, 1.54) is 18.1 Å². The molecule has 0 radical (unpaired) electrons. The first kappa shape index (κ1) is 21.3. The number of rotatable bonds is 7. The van der Waals surface area contributed by atoms with Gasteiger partial charge in [-0.3, -0.25) is 9.91 Å². The van der Waals surface area contributed by atoms with Crippen LogP contribution < -0.4 is 9.80 Å². The van der Waals surface area contributed by atoms with Crippen molar-refractivity contribution >= 4 is 52.7 Å². The van der Waals surface area contributed by atoms with Crippen LogP contribution >= 0.6 is 23.8 Å². The second-order valence-corrected chi connectivity index (χ2v) is 7.69. The summed E-state index contributed by atoms with van der Waals surface area (Å²) in [6.45, 7) is 5.57. The fraction of sp³-hybridized carbons (Fsp3) is 0.421. The molecule has 2 aliphatic heterocycles. The van der Waals surface area contributed by atoms with E-state index in [-0.39, 0.29) is 6.10 Å². The third-order valence-corrected chi connectivity index (χ3v) is 5.12. The van der Waals surface area contributed by atoms with Crippen LogP contribution in [0.3, 0.4) is 0 Å². The van der Waals surface area contributed by atoms with Crippen LogP contribution in [0.15, 0.2) is 34.9 Å².